The largest absolute Gasteiger partial charge is 0.507 e. The van der Waals surface area contributed by atoms with E-state index in [0.29, 0.717) is 21.4 Å². The summed E-state index contributed by atoms with van der Waals surface area (Å²) in [6, 6.07) is 4.90. The number of benzene rings is 1. The number of alkyl halides is 1. The maximum Gasteiger partial charge on any atom is 0.165 e. The molecule has 1 N–H and O–H groups in total. The second-order valence-electron chi connectivity index (χ2n) is 2.50. The van der Waals surface area contributed by atoms with E-state index >= 15 is 0 Å². The lowest BCUT2D eigenvalue weighted by Gasteiger charge is -2.03. The molecule has 0 aliphatic rings. The summed E-state index contributed by atoms with van der Waals surface area (Å²) in [5.41, 5.74) is 0.543. The van der Waals surface area contributed by atoms with Crippen LogP contribution in [0.15, 0.2) is 18.2 Å². The van der Waals surface area contributed by atoms with Gasteiger partial charge in [-0.15, -0.1) is 11.6 Å². The average molecular weight is 311 g/mol. The first-order valence-corrected chi connectivity index (χ1v) is 5.34. The van der Waals surface area contributed by atoms with Crippen LogP contribution in [0.5, 0.6) is 5.75 Å². The van der Waals surface area contributed by atoms with Gasteiger partial charge < -0.3 is 5.11 Å². The third kappa shape index (κ3) is 2.57. The van der Waals surface area contributed by atoms with Crippen LogP contribution >= 0.6 is 34.2 Å². The van der Waals surface area contributed by atoms with Crippen molar-refractivity contribution < 1.29 is 9.90 Å². The second-order valence-corrected chi connectivity index (χ2v) is 3.96. The molecule has 0 spiro atoms. The number of rotatable bonds is 3. The highest BCUT2D eigenvalue weighted by Gasteiger charge is 2.11. The van der Waals surface area contributed by atoms with Gasteiger partial charge in [0.1, 0.15) is 5.75 Å². The van der Waals surface area contributed by atoms with Gasteiger partial charge in [-0.3, -0.25) is 4.79 Å². The lowest BCUT2D eigenvalue weighted by atomic mass is 10.1. The molecule has 0 saturated carbocycles. The topological polar surface area (TPSA) is 37.3 Å². The van der Waals surface area contributed by atoms with Crippen LogP contribution in [0, 0.1) is 3.57 Å². The molecule has 2 nitrogen and oxygen atoms in total. The number of carbonyl (C=O) groups is 1. The molecule has 1 aromatic carbocycles. The van der Waals surface area contributed by atoms with E-state index in [-0.39, 0.29) is 11.5 Å². The van der Waals surface area contributed by atoms with Crippen LogP contribution in [0.1, 0.15) is 16.8 Å². The molecule has 0 fully saturated rings. The monoisotopic (exact) mass is 310 g/mol. The summed E-state index contributed by atoms with van der Waals surface area (Å²) in [5.74, 6) is 0.418. The molecule has 0 saturated heterocycles. The summed E-state index contributed by atoms with van der Waals surface area (Å²) in [5, 5.41) is 9.32. The number of Topliss-reactive ketones (excluding diaryl/α,β-unsaturated/α-hetero) is 1. The maximum absolute atomic E-state index is 11.4. The van der Waals surface area contributed by atoms with Gasteiger partial charge in [0, 0.05) is 17.9 Å². The number of phenols is 1. The number of phenolic OH excluding ortho intramolecular Hbond substituents is 1. The van der Waals surface area contributed by atoms with Crippen molar-refractivity contribution in [3.63, 3.8) is 0 Å². The van der Waals surface area contributed by atoms with Crippen molar-refractivity contribution >= 4 is 40.0 Å². The van der Waals surface area contributed by atoms with Crippen molar-refractivity contribution in [1.29, 1.82) is 0 Å². The molecule has 0 aliphatic carbocycles. The van der Waals surface area contributed by atoms with Gasteiger partial charge in [-0.05, 0) is 28.7 Å². The van der Waals surface area contributed by atoms with Crippen LogP contribution < -0.4 is 0 Å². The van der Waals surface area contributed by atoms with Gasteiger partial charge in [0.2, 0.25) is 0 Å². The Hall–Kier alpha value is -0.290. The SMILES string of the molecule is O=C(CCCl)c1cccc(O)c1I. The molecule has 4 heteroatoms. The maximum atomic E-state index is 11.4. The summed E-state index contributed by atoms with van der Waals surface area (Å²) in [4.78, 5) is 11.4. The minimum absolute atomic E-state index is 0.0321. The van der Waals surface area contributed by atoms with Gasteiger partial charge in [-0.1, -0.05) is 12.1 Å². The number of hydrogen-bond donors (Lipinski definition) is 1. The van der Waals surface area contributed by atoms with Gasteiger partial charge in [0.05, 0.1) is 3.57 Å². The van der Waals surface area contributed by atoms with Crippen LogP contribution in [-0.4, -0.2) is 16.8 Å². The molecule has 0 radical (unpaired) electrons. The number of carbonyl (C=O) groups excluding carboxylic acids is 1. The zero-order valence-electron chi connectivity index (χ0n) is 6.76. The van der Waals surface area contributed by atoms with Crippen molar-refractivity contribution in [3.05, 3.63) is 27.3 Å². The van der Waals surface area contributed by atoms with E-state index in [0.717, 1.165) is 0 Å². The highest BCUT2D eigenvalue weighted by molar-refractivity contribution is 14.1. The van der Waals surface area contributed by atoms with Gasteiger partial charge in [0.15, 0.2) is 5.78 Å². The minimum Gasteiger partial charge on any atom is -0.507 e. The molecule has 70 valence electrons. The normalized spacial score (nSPS) is 10.0. The number of aromatic hydroxyl groups is 1. The van der Waals surface area contributed by atoms with Crippen LogP contribution in [-0.2, 0) is 0 Å². The van der Waals surface area contributed by atoms with Crippen LogP contribution in [0.3, 0.4) is 0 Å². The smallest absolute Gasteiger partial charge is 0.165 e. The highest BCUT2D eigenvalue weighted by atomic mass is 127. The summed E-state index contributed by atoms with van der Waals surface area (Å²) >= 11 is 7.40. The highest BCUT2D eigenvalue weighted by Crippen LogP contribution is 2.23. The number of hydrogen-bond acceptors (Lipinski definition) is 2. The van der Waals surface area contributed by atoms with Gasteiger partial charge >= 0.3 is 0 Å². The molecular formula is C9H8ClIO2. The lowest BCUT2D eigenvalue weighted by Crippen LogP contribution is -2.02. The van der Waals surface area contributed by atoms with Crippen molar-refractivity contribution in [3.8, 4) is 5.75 Å². The Morgan fingerprint density at radius 1 is 1.54 bits per heavy atom. The Labute approximate surface area is 95.0 Å². The Bertz CT molecular complexity index is 325. The Morgan fingerprint density at radius 3 is 2.85 bits per heavy atom. The van der Waals surface area contributed by atoms with E-state index in [9.17, 15) is 9.90 Å². The first-order chi connectivity index (χ1) is 6.16. The summed E-state index contributed by atoms with van der Waals surface area (Å²) in [6.45, 7) is 0. The van der Waals surface area contributed by atoms with Crippen molar-refractivity contribution in [2.75, 3.05) is 5.88 Å². The van der Waals surface area contributed by atoms with E-state index in [1.54, 1.807) is 18.2 Å². The molecular weight excluding hydrogens is 302 g/mol. The molecule has 0 amide bonds. The third-order valence-electron chi connectivity index (χ3n) is 1.60. The molecule has 1 rings (SSSR count). The molecule has 0 atom stereocenters. The van der Waals surface area contributed by atoms with Gasteiger partial charge in [-0.2, -0.15) is 0 Å². The quantitative estimate of drug-likeness (QED) is 0.529. The average Bonchev–Trinajstić information content (AvgIpc) is 2.10. The minimum atomic E-state index is -0.0321. The first kappa shape index (κ1) is 10.8. The molecule has 0 unspecified atom stereocenters. The fourth-order valence-corrected chi connectivity index (χ4v) is 1.79. The van der Waals surface area contributed by atoms with Gasteiger partial charge in [-0.25, -0.2) is 0 Å². The summed E-state index contributed by atoms with van der Waals surface area (Å²) in [7, 11) is 0. The fraction of sp³-hybridized carbons (Fsp3) is 0.222. The van der Waals surface area contributed by atoms with Crippen molar-refractivity contribution in [1.82, 2.24) is 0 Å². The molecule has 0 aromatic heterocycles. The van der Waals surface area contributed by atoms with Crippen LogP contribution in [0.2, 0.25) is 0 Å². The van der Waals surface area contributed by atoms with Gasteiger partial charge in [0.25, 0.3) is 0 Å². The first-order valence-electron chi connectivity index (χ1n) is 3.73. The number of ketones is 1. The molecule has 0 bridgehead atoms. The predicted octanol–water partition coefficient (Wildman–Crippen LogP) is 2.81. The second kappa shape index (κ2) is 4.81. The molecule has 13 heavy (non-hydrogen) atoms. The Morgan fingerprint density at radius 2 is 2.23 bits per heavy atom. The third-order valence-corrected chi connectivity index (χ3v) is 2.92. The van der Waals surface area contributed by atoms with E-state index in [1.165, 1.54) is 0 Å². The summed E-state index contributed by atoms with van der Waals surface area (Å²) < 4.78 is 0.593. The zero-order chi connectivity index (χ0) is 9.84. The zero-order valence-corrected chi connectivity index (χ0v) is 9.67. The van der Waals surface area contributed by atoms with Crippen LogP contribution in [0.25, 0.3) is 0 Å². The van der Waals surface area contributed by atoms with Crippen LogP contribution in [0.4, 0.5) is 0 Å². The predicted molar refractivity (Wildman–Crippen MR) is 60.5 cm³/mol. The molecule has 0 heterocycles. The molecule has 1 aromatic rings. The Kier molecular flexibility index (Phi) is 3.99. The van der Waals surface area contributed by atoms with E-state index < -0.39 is 0 Å². The van der Waals surface area contributed by atoms with Crippen molar-refractivity contribution in [2.45, 2.75) is 6.42 Å². The van der Waals surface area contributed by atoms with E-state index in [2.05, 4.69) is 0 Å². The standard InChI is InChI=1S/C9H8ClIO2/c10-5-4-7(12)6-2-1-3-8(13)9(6)11/h1-3,13H,4-5H2. The van der Waals surface area contributed by atoms with E-state index in [1.807, 2.05) is 22.6 Å². The summed E-state index contributed by atoms with van der Waals surface area (Å²) in [6.07, 6.45) is 0.307. The lowest BCUT2D eigenvalue weighted by molar-refractivity contribution is 0.0988. The number of halogens is 2. The molecule has 0 aliphatic heterocycles. The Balaban J connectivity index is 3.01. The van der Waals surface area contributed by atoms with Crippen molar-refractivity contribution in [2.24, 2.45) is 0 Å². The van der Waals surface area contributed by atoms with E-state index in [4.69, 9.17) is 11.6 Å². The fourth-order valence-electron chi connectivity index (χ4n) is 0.956.